The van der Waals surface area contributed by atoms with Crippen molar-refractivity contribution in [2.75, 3.05) is 5.75 Å². The maximum atomic E-state index is 12.0. The van der Waals surface area contributed by atoms with E-state index in [1.54, 1.807) is 0 Å². The van der Waals surface area contributed by atoms with Gasteiger partial charge in [0.05, 0.1) is 25.0 Å². The van der Waals surface area contributed by atoms with Gasteiger partial charge < -0.3 is 0 Å². The number of Topliss-reactive ketones (excluding diaryl/α,β-unsaturated/α-hetero) is 1. The van der Waals surface area contributed by atoms with Gasteiger partial charge in [-0.2, -0.15) is 0 Å². The van der Waals surface area contributed by atoms with Gasteiger partial charge in [0.25, 0.3) is 0 Å². The Labute approximate surface area is 133 Å². The van der Waals surface area contributed by atoms with E-state index < -0.39 is 0 Å². The Morgan fingerprint density at radius 3 is 2.80 bits per heavy atom. The largest absolute Gasteiger partial charge is 0.292 e. The molecule has 2 nitrogen and oxygen atoms in total. The maximum Gasteiger partial charge on any atom is 0.183 e. The molecule has 0 saturated carbocycles. The van der Waals surface area contributed by atoms with E-state index in [0.717, 1.165) is 24.6 Å². The van der Waals surface area contributed by atoms with Crippen LogP contribution in [-0.4, -0.2) is 16.5 Å². The smallest absolute Gasteiger partial charge is 0.183 e. The Kier molecular flexibility index (Phi) is 4.19. The van der Waals surface area contributed by atoms with E-state index in [-0.39, 0.29) is 5.78 Å². The summed E-state index contributed by atoms with van der Waals surface area (Å²) < 4.78 is 0.981. The van der Waals surface area contributed by atoms with E-state index in [4.69, 9.17) is 0 Å². The molecular weight excluding hydrogens is 354 g/mol. The molecule has 0 radical (unpaired) electrons. The number of halogens is 1. The number of thiophene rings is 1. The first-order valence-corrected chi connectivity index (χ1v) is 8.59. The third-order valence-electron chi connectivity index (χ3n) is 2.77. The number of ketones is 1. The molecule has 2 aromatic heterocycles. The molecule has 0 amide bonds. The highest BCUT2D eigenvalue weighted by atomic mass is 79.9. The van der Waals surface area contributed by atoms with E-state index in [9.17, 15) is 4.79 Å². The fraction of sp³-hybridized carbons (Fsp3) is 0.0667. The van der Waals surface area contributed by atoms with E-state index in [1.807, 2.05) is 48.5 Å². The number of para-hydroxylation sites is 1. The second-order valence-electron chi connectivity index (χ2n) is 4.16. The molecule has 0 aliphatic heterocycles. The van der Waals surface area contributed by atoms with Crippen LogP contribution in [0.15, 0.2) is 57.3 Å². The zero-order valence-corrected chi connectivity index (χ0v) is 13.6. The van der Waals surface area contributed by atoms with E-state index in [1.165, 1.54) is 23.1 Å². The van der Waals surface area contributed by atoms with Crippen molar-refractivity contribution in [2.24, 2.45) is 0 Å². The molecule has 1 aromatic carbocycles. The Hall–Kier alpha value is -1.17. The van der Waals surface area contributed by atoms with Crippen molar-refractivity contribution in [1.82, 2.24) is 4.98 Å². The van der Waals surface area contributed by atoms with Crippen molar-refractivity contribution in [2.45, 2.75) is 5.03 Å². The summed E-state index contributed by atoms with van der Waals surface area (Å²) in [5, 5.41) is 2.00. The van der Waals surface area contributed by atoms with Gasteiger partial charge in [0.15, 0.2) is 5.78 Å². The van der Waals surface area contributed by atoms with Crippen LogP contribution in [0.3, 0.4) is 0 Å². The molecule has 20 heavy (non-hydrogen) atoms. The van der Waals surface area contributed by atoms with Gasteiger partial charge in [0.2, 0.25) is 0 Å². The van der Waals surface area contributed by atoms with Crippen molar-refractivity contribution in [1.29, 1.82) is 0 Å². The first-order valence-electron chi connectivity index (χ1n) is 5.99. The van der Waals surface area contributed by atoms with Gasteiger partial charge in [-0.3, -0.25) is 4.79 Å². The van der Waals surface area contributed by atoms with Crippen molar-refractivity contribution in [3.63, 3.8) is 0 Å². The van der Waals surface area contributed by atoms with Crippen LogP contribution >= 0.6 is 39.0 Å². The van der Waals surface area contributed by atoms with Crippen LogP contribution < -0.4 is 0 Å². The number of hydrogen-bond donors (Lipinski definition) is 0. The lowest BCUT2D eigenvalue weighted by atomic mass is 10.2. The lowest BCUT2D eigenvalue weighted by Crippen LogP contribution is -1.99. The van der Waals surface area contributed by atoms with Crippen molar-refractivity contribution < 1.29 is 4.79 Å². The van der Waals surface area contributed by atoms with E-state index in [2.05, 4.69) is 20.9 Å². The standard InChI is InChI=1S/C15H10BrNOS2/c16-14-7-6-13(20-14)12(18)9-19-15-8-5-10-3-1-2-4-11(10)17-15/h1-8H,9H2. The molecule has 0 N–H and O–H groups in total. The average molecular weight is 364 g/mol. The third-order valence-corrected chi connectivity index (χ3v) is 5.37. The SMILES string of the molecule is O=C(CSc1ccc2ccccc2n1)c1ccc(Br)s1. The molecule has 0 bridgehead atoms. The summed E-state index contributed by atoms with van der Waals surface area (Å²) >= 11 is 6.32. The highest BCUT2D eigenvalue weighted by molar-refractivity contribution is 9.11. The van der Waals surface area contributed by atoms with Gasteiger partial charge in [-0.05, 0) is 40.2 Å². The third kappa shape index (κ3) is 3.11. The normalized spacial score (nSPS) is 10.8. The monoisotopic (exact) mass is 363 g/mol. The molecule has 0 aliphatic rings. The van der Waals surface area contributed by atoms with Crippen molar-refractivity contribution in [3.8, 4) is 0 Å². The first kappa shape index (κ1) is 13.8. The second-order valence-corrected chi connectivity index (χ2v) is 7.62. The maximum absolute atomic E-state index is 12.0. The van der Waals surface area contributed by atoms with Gasteiger partial charge in [-0.1, -0.05) is 36.0 Å². The number of hydrogen-bond acceptors (Lipinski definition) is 4. The number of thioether (sulfide) groups is 1. The van der Waals surface area contributed by atoms with Crippen molar-refractivity contribution >= 4 is 55.7 Å². The predicted molar refractivity (Wildman–Crippen MR) is 88.8 cm³/mol. The second kappa shape index (κ2) is 6.08. The van der Waals surface area contributed by atoms with Gasteiger partial charge in [-0.25, -0.2) is 4.98 Å². The molecule has 2 heterocycles. The topological polar surface area (TPSA) is 30.0 Å². The lowest BCUT2D eigenvalue weighted by molar-refractivity contribution is 0.102. The summed E-state index contributed by atoms with van der Waals surface area (Å²) in [7, 11) is 0. The van der Waals surface area contributed by atoms with Crippen LogP contribution in [-0.2, 0) is 0 Å². The zero-order valence-electron chi connectivity index (χ0n) is 10.4. The number of aromatic nitrogens is 1. The van der Waals surface area contributed by atoms with Gasteiger partial charge in [0.1, 0.15) is 0 Å². The number of pyridine rings is 1. The summed E-state index contributed by atoms with van der Waals surface area (Å²) in [6.45, 7) is 0. The summed E-state index contributed by atoms with van der Waals surface area (Å²) in [5.74, 6) is 0.554. The first-order chi connectivity index (χ1) is 9.72. The Morgan fingerprint density at radius 1 is 1.15 bits per heavy atom. The number of carbonyl (C=O) groups excluding carboxylic acids is 1. The van der Waals surface area contributed by atoms with Crippen LogP contribution in [0.5, 0.6) is 0 Å². The molecule has 0 saturated heterocycles. The molecule has 0 unspecified atom stereocenters. The fourth-order valence-corrected chi connectivity index (χ4v) is 3.98. The number of carbonyl (C=O) groups is 1. The molecule has 100 valence electrons. The summed E-state index contributed by atoms with van der Waals surface area (Å²) in [4.78, 5) is 17.4. The Morgan fingerprint density at radius 2 is 2.00 bits per heavy atom. The molecule has 0 atom stereocenters. The lowest BCUT2D eigenvalue weighted by Gasteiger charge is -2.02. The highest BCUT2D eigenvalue weighted by Gasteiger charge is 2.10. The predicted octanol–water partition coefficient (Wildman–Crippen LogP) is 5.03. The molecule has 3 aromatic rings. The summed E-state index contributed by atoms with van der Waals surface area (Å²) in [6.07, 6.45) is 0. The van der Waals surface area contributed by atoms with Crippen LogP contribution in [0.25, 0.3) is 10.9 Å². The number of fused-ring (bicyclic) bond motifs is 1. The van der Waals surface area contributed by atoms with Crippen LogP contribution in [0.1, 0.15) is 9.67 Å². The minimum Gasteiger partial charge on any atom is -0.292 e. The number of nitrogens with zero attached hydrogens (tertiary/aromatic N) is 1. The zero-order chi connectivity index (χ0) is 13.9. The quantitative estimate of drug-likeness (QED) is 0.480. The van der Waals surface area contributed by atoms with Gasteiger partial charge in [0, 0.05) is 5.39 Å². The molecule has 3 rings (SSSR count). The Bertz CT molecular complexity index is 769. The van der Waals surface area contributed by atoms with Crippen molar-refractivity contribution in [3.05, 3.63) is 57.2 Å². The molecule has 0 fully saturated rings. The summed E-state index contributed by atoms with van der Waals surface area (Å²) in [5.41, 5.74) is 0.962. The summed E-state index contributed by atoms with van der Waals surface area (Å²) in [6, 6.07) is 15.7. The fourth-order valence-electron chi connectivity index (χ4n) is 1.80. The average Bonchev–Trinajstić information content (AvgIpc) is 2.91. The van der Waals surface area contributed by atoms with Crippen LogP contribution in [0.2, 0.25) is 0 Å². The van der Waals surface area contributed by atoms with Gasteiger partial charge in [-0.15, -0.1) is 11.3 Å². The van der Waals surface area contributed by atoms with Crippen LogP contribution in [0.4, 0.5) is 0 Å². The van der Waals surface area contributed by atoms with E-state index >= 15 is 0 Å². The molecule has 0 aliphatic carbocycles. The van der Waals surface area contributed by atoms with Gasteiger partial charge >= 0.3 is 0 Å². The van der Waals surface area contributed by atoms with E-state index in [0.29, 0.717) is 5.75 Å². The van der Waals surface area contributed by atoms with Crippen LogP contribution in [0, 0.1) is 0 Å². The molecule has 5 heteroatoms. The minimum atomic E-state index is 0.139. The Balaban J connectivity index is 1.72. The number of benzene rings is 1. The molecule has 0 spiro atoms. The number of rotatable bonds is 4. The molecular formula is C15H10BrNOS2. The highest BCUT2D eigenvalue weighted by Crippen LogP contribution is 2.25. The minimum absolute atomic E-state index is 0.139.